The molecule has 0 saturated carbocycles. The van der Waals surface area contributed by atoms with Crippen LogP contribution in [0, 0.1) is 0 Å². The molecule has 1 heterocycles. The van der Waals surface area contributed by atoms with Crippen molar-refractivity contribution < 1.29 is 14.3 Å². The standard InChI is InChI=1S/C23H29N3O3/c1-25(19-8-3-2-4-9-19)16-6-5-15-24-22(27)18-29-21-13-11-20(12-14-21)26-17-7-10-23(26)28/h2-4,8-9,11-14H,5-7,10,15-18H2,1H3,(H,24,27). The summed E-state index contributed by atoms with van der Waals surface area (Å²) in [6.45, 7) is 2.34. The highest BCUT2D eigenvalue weighted by atomic mass is 16.5. The number of carbonyl (C=O) groups excluding carboxylic acids is 2. The molecule has 0 atom stereocenters. The molecule has 29 heavy (non-hydrogen) atoms. The molecule has 154 valence electrons. The van der Waals surface area contributed by atoms with Gasteiger partial charge in [-0.2, -0.15) is 0 Å². The number of anilines is 2. The maximum Gasteiger partial charge on any atom is 0.257 e. The van der Waals surface area contributed by atoms with Crippen LogP contribution in [0.25, 0.3) is 0 Å². The number of carbonyl (C=O) groups is 2. The van der Waals surface area contributed by atoms with Crippen LogP contribution in [0.1, 0.15) is 25.7 Å². The number of unbranched alkanes of at least 4 members (excludes halogenated alkanes) is 1. The van der Waals surface area contributed by atoms with Crippen LogP contribution in [0.3, 0.4) is 0 Å². The molecule has 1 saturated heterocycles. The molecule has 0 bridgehead atoms. The fourth-order valence-electron chi connectivity index (χ4n) is 3.36. The maximum absolute atomic E-state index is 12.0. The Labute approximate surface area is 172 Å². The molecule has 2 aromatic carbocycles. The first kappa shape index (κ1) is 20.7. The number of rotatable bonds is 10. The predicted octanol–water partition coefficient (Wildman–Crippen LogP) is 3.23. The molecule has 1 fully saturated rings. The smallest absolute Gasteiger partial charge is 0.257 e. The Hall–Kier alpha value is -3.02. The Morgan fingerprint density at radius 3 is 2.55 bits per heavy atom. The Morgan fingerprint density at radius 1 is 1.10 bits per heavy atom. The fraction of sp³-hybridized carbons (Fsp3) is 0.391. The van der Waals surface area contributed by atoms with Gasteiger partial charge in [0.15, 0.2) is 6.61 Å². The Balaban J connectivity index is 1.29. The van der Waals surface area contributed by atoms with Crippen molar-refractivity contribution in [3.05, 3.63) is 54.6 Å². The third-order valence-corrected chi connectivity index (χ3v) is 5.03. The zero-order valence-electron chi connectivity index (χ0n) is 17.0. The summed E-state index contributed by atoms with van der Waals surface area (Å²) in [6, 6.07) is 17.6. The van der Waals surface area contributed by atoms with Gasteiger partial charge in [-0.25, -0.2) is 0 Å². The summed E-state index contributed by atoms with van der Waals surface area (Å²) in [5, 5.41) is 2.89. The van der Waals surface area contributed by atoms with E-state index in [0.717, 1.165) is 38.0 Å². The number of nitrogens with one attached hydrogen (secondary N) is 1. The minimum atomic E-state index is -0.125. The SMILES string of the molecule is CN(CCCCNC(=O)COc1ccc(N2CCCC2=O)cc1)c1ccccc1. The summed E-state index contributed by atoms with van der Waals surface area (Å²) in [4.78, 5) is 27.7. The van der Waals surface area contributed by atoms with Gasteiger partial charge in [-0.15, -0.1) is 0 Å². The highest BCUT2D eigenvalue weighted by molar-refractivity contribution is 5.95. The lowest BCUT2D eigenvalue weighted by atomic mass is 10.2. The summed E-state index contributed by atoms with van der Waals surface area (Å²) >= 11 is 0. The number of hydrogen-bond donors (Lipinski definition) is 1. The Kier molecular flexibility index (Phi) is 7.50. The van der Waals surface area contributed by atoms with Crippen LogP contribution in [-0.4, -0.2) is 45.1 Å². The molecule has 0 radical (unpaired) electrons. The number of nitrogens with zero attached hydrogens (tertiary/aromatic N) is 2. The molecule has 2 amide bonds. The largest absolute Gasteiger partial charge is 0.484 e. The van der Waals surface area contributed by atoms with Crippen molar-refractivity contribution in [2.45, 2.75) is 25.7 Å². The molecule has 1 aliphatic heterocycles. The zero-order chi connectivity index (χ0) is 20.5. The minimum Gasteiger partial charge on any atom is -0.484 e. The lowest BCUT2D eigenvalue weighted by Gasteiger charge is -2.19. The number of amides is 2. The first-order chi connectivity index (χ1) is 14.1. The summed E-state index contributed by atoms with van der Waals surface area (Å²) in [5.41, 5.74) is 2.08. The maximum atomic E-state index is 12.0. The van der Waals surface area contributed by atoms with Crippen molar-refractivity contribution in [2.24, 2.45) is 0 Å². The molecule has 6 nitrogen and oxygen atoms in total. The van der Waals surface area contributed by atoms with Gasteiger partial charge >= 0.3 is 0 Å². The molecular formula is C23H29N3O3. The quantitative estimate of drug-likeness (QED) is 0.628. The van der Waals surface area contributed by atoms with Gasteiger partial charge in [0.1, 0.15) is 5.75 Å². The predicted molar refractivity (Wildman–Crippen MR) is 115 cm³/mol. The van der Waals surface area contributed by atoms with Gasteiger partial charge < -0.3 is 19.9 Å². The Bertz CT molecular complexity index is 793. The van der Waals surface area contributed by atoms with E-state index in [0.29, 0.717) is 18.7 Å². The van der Waals surface area contributed by atoms with Gasteiger partial charge in [-0.3, -0.25) is 9.59 Å². The summed E-state index contributed by atoms with van der Waals surface area (Å²) < 4.78 is 5.54. The third kappa shape index (κ3) is 6.24. The van der Waals surface area contributed by atoms with Crippen LogP contribution in [0.5, 0.6) is 5.75 Å². The topological polar surface area (TPSA) is 61.9 Å². The normalized spacial score (nSPS) is 13.4. The van der Waals surface area contributed by atoms with Gasteiger partial charge in [0, 0.05) is 44.5 Å². The van der Waals surface area contributed by atoms with Crippen LogP contribution in [0.4, 0.5) is 11.4 Å². The number of ether oxygens (including phenoxy) is 1. The van der Waals surface area contributed by atoms with Gasteiger partial charge in [-0.05, 0) is 55.7 Å². The highest BCUT2D eigenvalue weighted by Gasteiger charge is 2.21. The van der Waals surface area contributed by atoms with Gasteiger partial charge in [0.25, 0.3) is 5.91 Å². The van der Waals surface area contributed by atoms with E-state index in [1.807, 2.05) is 30.3 Å². The van der Waals surface area contributed by atoms with Crippen molar-refractivity contribution in [1.29, 1.82) is 0 Å². The van der Waals surface area contributed by atoms with Crippen LogP contribution in [0.15, 0.2) is 54.6 Å². The highest BCUT2D eigenvalue weighted by Crippen LogP contribution is 2.23. The average molecular weight is 396 g/mol. The summed E-state index contributed by atoms with van der Waals surface area (Å²) in [7, 11) is 2.08. The monoisotopic (exact) mass is 395 g/mol. The summed E-state index contributed by atoms with van der Waals surface area (Å²) in [5.74, 6) is 0.660. The van der Waals surface area contributed by atoms with Crippen molar-refractivity contribution >= 4 is 23.2 Å². The molecule has 0 aliphatic carbocycles. The van der Waals surface area contributed by atoms with E-state index in [2.05, 4.69) is 29.4 Å². The van der Waals surface area contributed by atoms with Crippen molar-refractivity contribution in [3.8, 4) is 5.75 Å². The molecule has 2 aromatic rings. The minimum absolute atomic E-state index is 0.00803. The molecule has 0 spiro atoms. The average Bonchev–Trinajstić information content (AvgIpc) is 3.18. The van der Waals surface area contributed by atoms with Crippen LogP contribution in [0.2, 0.25) is 0 Å². The number of benzene rings is 2. The van der Waals surface area contributed by atoms with Crippen LogP contribution >= 0.6 is 0 Å². The van der Waals surface area contributed by atoms with E-state index in [9.17, 15) is 9.59 Å². The lowest BCUT2D eigenvalue weighted by molar-refractivity contribution is -0.123. The molecule has 6 heteroatoms. The number of hydrogen-bond acceptors (Lipinski definition) is 4. The van der Waals surface area contributed by atoms with Gasteiger partial charge in [-0.1, -0.05) is 18.2 Å². The van der Waals surface area contributed by atoms with E-state index < -0.39 is 0 Å². The molecule has 3 rings (SSSR count). The molecule has 0 aromatic heterocycles. The van der Waals surface area contributed by atoms with E-state index >= 15 is 0 Å². The van der Waals surface area contributed by atoms with Crippen molar-refractivity contribution in [2.75, 3.05) is 43.1 Å². The van der Waals surface area contributed by atoms with Gasteiger partial charge in [0.2, 0.25) is 5.91 Å². The second-order valence-corrected chi connectivity index (χ2v) is 7.25. The van der Waals surface area contributed by atoms with Gasteiger partial charge in [0.05, 0.1) is 0 Å². The van der Waals surface area contributed by atoms with E-state index in [4.69, 9.17) is 4.74 Å². The first-order valence-corrected chi connectivity index (χ1v) is 10.2. The number of para-hydroxylation sites is 1. The van der Waals surface area contributed by atoms with Crippen molar-refractivity contribution in [3.63, 3.8) is 0 Å². The Morgan fingerprint density at radius 2 is 1.86 bits per heavy atom. The zero-order valence-corrected chi connectivity index (χ0v) is 17.0. The van der Waals surface area contributed by atoms with E-state index in [-0.39, 0.29) is 18.4 Å². The fourth-order valence-corrected chi connectivity index (χ4v) is 3.36. The van der Waals surface area contributed by atoms with Crippen molar-refractivity contribution in [1.82, 2.24) is 5.32 Å². The van der Waals surface area contributed by atoms with Crippen LogP contribution < -0.4 is 19.9 Å². The van der Waals surface area contributed by atoms with E-state index in [1.165, 1.54) is 5.69 Å². The lowest BCUT2D eigenvalue weighted by Crippen LogP contribution is -2.30. The third-order valence-electron chi connectivity index (χ3n) is 5.03. The second-order valence-electron chi connectivity index (χ2n) is 7.25. The molecule has 0 unspecified atom stereocenters. The molecule has 1 N–H and O–H groups in total. The molecule has 1 aliphatic rings. The summed E-state index contributed by atoms with van der Waals surface area (Å²) in [6.07, 6.45) is 3.44. The molecular weight excluding hydrogens is 366 g/mol. The van der Waals surface area contributed by atoms with Crippen LogP contribution in [-0.2, 0) is 9.59 Å². The second kappa shape index (κ2) is 10.5. The van der Waals surface area contributed by atoms with E-state index in [1.54, 1.807) is 17.0 Å². The first-order valence-electron chi connectivity index (χ1n) is 10.2.